The van der Waals surface area contributed by atoms with E-state index in [-0.39, 0.29) is 11.6 Å². The number of hydrogen-bond acceptors (Lipinski definition) is 6. The summed E-state index contributed by atoms with van der Waals surface area (Å²) >= 11 is 5.95. The molecule has 2 N–H and O–H groups in total. The third kappa shape index (κ3) is 6.54. The number of piperidine rings is 1. The first-order chi connectivity index (χ1) is 16.3. The minimum absolute atomic E-state index is 0.0534. The SMILES string of the molecule is CC(C)C(NC(=O)c1cccc(Cl)c1)C(=O)NN=Cc1cc([N+](=O)[O-])ccc1N1CCCCC1. The average Bonchev–Trinajstić information content (AvgIpc) is 2.82. The van der Waals surface area contributed by atoms with Crippen molar-refractivity contribution in [3.63, 3.8) is 0 Å². The molecule has 0 aromatic heterocycles. The minimum atomic E-state index is -0.838. The molecule has 0 aliphatic carbocycles. The predicted octanol–water partition coefficient (Wildman–Crippen LogP) is 4.14. The van der Waals surface area contributed by atoms with Gasteiger partial charge in [-0.2, -0.15) is 5.10 Å². The summed E-state index contributed by atoms with van der Waals surface area (Å²) < 4.78 is 0. The number of non-ortho nitro benzene ring substituents is 1. The number of rotatable bonds is 8. The van der Waals surface area contributed by atoms with Crippen molar-refractivity contribution in [2.75, 3.05) is 18.0 Å². The van der Waals surface area contributed by atoms with Crippen molar-refractivity contribution in [1.29, 1.82) is 0 Å². The van der Waals surface area contributed by atoms with Crippen molar-refractivity contribution in [3.05, 3.63) is 68.7 Å². The Morgan fingerprint density at radius 2 is 1.88 bits per heavy atom. The third-order valence-corrected chi connectivity index (χ3v) is 5.85. The number of nitro benzene ring substituents is 1. The summed E-state index contributed by atoms with van der Waals surface area (Å²) in [5, 5.41) is 18.4. The molecule has 9 nitrogen and oxygen atoms in total. The molecule has 0 saturated carbocycles. The lowest BCUT2D eigenvalue weighted by molar-refractivity contribution is -0.384. The molecule has 0 radical (unpaired) electrons. The number of hydrazone groups is 1. The second-order valence-corrected chi connectivity index (χ2v) is 8.92. The summed E-state index contributed by atoms with van der Waals surface area (Å²) in [5.41, 5.74) is 4.13. The van der Waals surface area contributed by atoms with E-state index in [0.29, 0.717) is 16.1 Å². The van der Waals surface area contributed by atoms with E-state index in [9.17, 15) is 19.7 Å². The third-order valence-electron chi connectivity index (χ3n) is 5.62. The van der Waals surface area contributed by atoms with Crippen molar-refractivity contribution >= 4 is 41.0 Å². The van der Waals surface area contributed by atoms with E-state index in [2.05, 4.69) is 20.7 Å². The number of hydrogen-bond donors (Lipinski definition) is 2. The first kappa shape index (κ1) is 25.2. The van der Waals surface area contributed by atoms with Crippen LogP contribution in [0.1, 0.15) is 49.0 Å². The maximum absolute atomic E-state index is 12.8. The van der Waals surface area contributed by atoms with Gasteiger partial charge in [-0.25, -0.2) is 5.43 Å². The normalized spacial score (nSPS) is 14.8. The van der Waals surface area contributed by atoms with Crippen molar-refractivity contribution in [2.24, 2.45) is 11.0 Å². The highest BCUT2D eigenvalue weighted by Crippen LogP contribution is 2.27. The number of amides is 2. The lowest BCUT2D eigenvalue weighted by Crippen LogP contribution is -2.48. The molecule has 180 valence electrons. The fourth-order valence-corrected chi connectivity index (χ4v) is 4.00. The molecule has 1 unspecified atom stereocenters. The molecule has 3 rings (SSSR count). The zero-order chi connectivity index (χ0) is 24.7. The highest BCUT2D eigenvalue weighted by molar-refractivity contribution is 6.31. The second kappa shape index (κ2) is 11.6. The molecule has 1 saturated heterocycles. The van der Waals surface area contributed by atoms with Crippen LogP contribution in [0.25, 0.3) is 0 Å². The van der Waals surface area contributed by atoms with Gasteiger partial charge in [0.2, 0.25) is 0 Å². The summed E-state index contributed by atoms with van der Waals surface area (Å²) in [6.07, 6.45) is 4.66. The van der Waals surface area contributed by atoms with E-state index in [1.165, 1.54) is 24.4 Å². The van der Waals surface area contributed by atoms with Gasteiger partial charge in [0.1, 0.15) is 6.04 Å². The fraction of sp³-hybridized carbons (Fsp3) is 0.375. The second-order valence-electron chi connectivity index (χ2n) is 8.49. The maximum atomic E-state index is 12.8. The molecule has 34 heavy (non-hydrogen) atoms. The van der Waals surface area contributed by atoms with Gasteiger partial charge >= 0.3 is 0 Å². The first-order valence-electron chi connectivity index (χ1n) is 11.2. The van der Waals surface area contributed by atoms with Crippen LogP contribution in [0, 0.1) is 16.0 Å². The summed E-state index contributed by atoms with van der Waals surface area (Å²) in [6, 6.07) is 10.2. The zero-order valence-electron chi connectivity index (χ0n) is 19.2. The summed E-state index contributed by atoms with van der Waals surface area (Å²) in [5.74, 6) is -1.13. The quantitative estimate of drug-likeness (QED) is 0.331. The molecule has 2 amide bonds. The Kier molecular flexibility index (Phi) is 8.59. The Morgan fingerprint density at radius 1 is 1.15 bits per heavy atom. The van der Waals surface area contributed by atoms with Crippen molar-refractivity contribution in [3.8, 4) is 0 Å². The molecular weight excluding hydrogens is 458 g/mol. The number of nitrogens with zero attached hydrogens (tertiary/aromatic N) is 3. The number of nitro groups is 1. The number of halogens is 1. The van der Waals surface area contributed by atoms with Crippen LogP contribution in [0.3, 0.4) is 0 Å². The number of carbonyl (C=O) groups excluding carboxylic acids is 2. The van der Waals surface area contributed by atoms with Crippen LogP contribution in [0.4, 0.5) is 11.4 Å². The Morgan fingerprint density at radius 3 is 2.53 bits per heavy atom. The van der Waals surface area contributed by atoms with E-state index >= 15 is 0 Å². The Balaban J connectivity index is 1.74. The van der Waals surface area contributed by atoms with E-state index in [4.69, 9.17) is 11.6 Å². The summed E-state index contributed by atoms with van der Waals surface area (Å²) in [4.78, 5) is 38.3. The smallest absolute Gasteiger partial charge is 0.270 e. The lowest BCUT2D eigenvalue weighted by Gasteiger charge is -2.29. The van der Waals surface area contributed by atoms with Gasteiger partial charge < -0.3 is 10.2 Å². The van der Waals surface area contributed by atoms with Gasteiger partial charge in [0.25, 0.3) is 17.5 Å². The summed E-state index contributed by atoms with van der Waals surface area (Å²) in [6.45, 7) is 5.33. The molecule has 1 aliphatic heterocycles. The van der Waals surface area contributed by atoms with Gasteiger partial charge in [-0.1, -0.05) is 31.5 Å². The van der Waals surface area contributed by atoms with Crippen LogP contribution in [-0.2, 0) is 4.79 Å². The molecule has 10 heteroatoms. The highest BCUT2D eigenvalue weighted by atomic mass is 35.5. The van der Waals surface area contributed by atoms with E-state index < -0.39 is 22.8 Å². The van der Waals surface area contributed by atoms with Gasteiger partial charge in [-0.15, -0.1) is 0 Å². The molecule has 1 aliphatic rings. The number of anilines is 1. The van der Waals surface area contributed by atoms with Crippen LogP contribution in [0.2, 0.25) is 5.02 Å². The maximum Gasteiger partial charge on any atom is 0.270 e. The molecule has 1 heterocycles. The Hall–Kier alpha value is -3.46. The Labute approximate surface area is 203 Å². The molecule has 1 atom stereocenters. The van der Waals surface area contributed by atoms with Crippen LogP contribution < -0.4 is 15.6 Å². The molecular formula is C24H28ClN5O4. The molecule has 2 aromatic carbocycles. The molecule has 2 aromatic rings. The summed E-state index contributed by atoms with van der Waals surface area (Å²) in [7, 11) is 0. The van der Waals surface area contributed by atoms with Gasteiger partial charge in [0.05, 0.1) is 11.1 Å². The Bertz CT molecular complexity index is 1080. The molecule has 1 fully saturated rings. The zero-order valence-corrected chi connectivity index (χ0v) is 19.9. The largest absolute Gasteiger partial charge is 0.371 e. The van der Waals surface area contributed by atoms with Crippen molar-refractivity contribution < 1.29 is 14.5 Å². The van der Waals surface area contributed by atoms with Crippen molar-refractivity contribution in [2.45, 2.75) is 39.2 Å². The van der Waals surface area contributed by atoms with Gasteiger partial charge in [-0.05, 0) is 49.4 Å². The standard InChI is InChI=1S/C24H28ClN5O4/c1-16(2)22(27-23(31)17-7-6-8-19(25)13-17)24(32)28-26-15-18-14-20(30(33)34)9-10-21(18)29-11-4-3-5-12-29/h6-10,13-16,22H,3-5,11-12H2,1-2H3,(H,27,31)(H,28,32). The monoisotopic (exact) mass is 485 g/mol. The highest BCUT2D eigenvalue weighted by Gasteiger charge is 2.25. The van der Waals surface area contributed by atoms with Crippen LogP contribution in [0.15, 0.2) is 47.6 Å². The average molecular weight is 486 g/mol. The van der Waals surface area contributed by atoms with E-state index in [1.54, 1.807) is 38.1 Å². The first-order valence-corrected chi connectivity index (χ1v) is 11.6. The van der Waals surface area contributed by atoms with Crippen LogP contribution >= 0.6 is 11.6 Å². The molecule has 0 bridgehead atoms. The van der Waals surface area contributed by atoms with Crippen molar-refractivity contribution in [1.82, 2.24) is 10.7 Å². The van der Waals surface area contributed by atoms with E-state index in [0.717, 1.165) is 38.0 Å². The van der Waals surface area contributed by atoms with Gasteiger partial charge in [0, 0.05) is 47.1 Å². The number of nitrogens with one attached hydrogen (secondary N) is 2. The van der Waals surface area contributed by atoms with Crippen LogP contribution in [0.5, 0.6) is 0 Å². The van der Waals surface area contributed by atoms with Gasteiger partial charge in [0.15, 0.2) is 0 Å². The van der Waals surface area contributed by atoms with Gasteiger partial charge in [-0.3, -0.25) is 19.7 Å². The van der Waals surface area contributed by atoms with E-state index in [1.807, 2.05) is 0 Å². The van der Waals surface area contributed by atoms with Crippen LogP contribution in [-0.4, -0.2) is 42.1 Å². The number of carbonyl (C=O) groups is 2. The predicted molar refractivity (Wildman–Crippen MR) is 132 cm³/mol. The number of benzene rings is 2. The topological polar surface area (TPSA) is 117 Å². The molecule has 0 spiro atoms. The minimum Gasteiger partial charge on any atom is -0.371 e. The lowest BCUT2D eigenvalue weighted by atomic mass is 10.0. The fourth-order valence-electron chi connectivity index (χ4n) is 3.81.